The monoisotopic (exact) mass is 610 g/mol. The minimum absolute atomic E-state index is 0.0502. The van der Waals surface area contributed by atoms with E-state index in [-0.39, 0.29) is 17.9 Å². The lowest BCUT2D eigenvalue weighted by molar-refractivity contribution is -0.136. The number of carbonyl (C=O) groups excluding carboxylic acids is 3. The molecule has 10 nitrogen and oxygen atoms in total. The molecule has 1 aromatic heterocycles. The maximum absolute atomic E-state index is 14.3. The number of allylic oxidation sites excluding steroid dienone is 1. The van der Waals surface area contributed by atoms with Crippen molar-refractivity contribution < 1.29 is 38.5 Å². The molecule has 0 bridgehead atoms. The smallest absolute Gasteiger partial charge is 0.337 e. The molecule has 0 aliphatic heterocycles. The number of benzene rings is 3. The molecule has 0 amide bonds. The number of aromatic carboxylic acids is 1. The summed E-state index contributed by atoms with van der Waals surface area (Å²) < 4.78 is 17.1. The molecular formula is C35H34N2O8. The third-order valence-electron chi connectivity index (χ3n) is 8.29. The minimum Gasteiger partial charge on any atom is -0.497 e. The number of hydrogen-bond acceptors (Lipinski definition) is 8. The number of nitrogens with zero attached hydrogens (tertiary/aromatic N) is 1. The third-order valence-corrected chi connectivity index (χ3v) is 8.29. The van der Waals surface area contributed by atoms with Gasteiger partial charge in [0.05, 0.1) is 43.7 Å². The van der Waals surface area contributed by atoms with Gasteiger partial charge in [-0.1, -0.05) is 18.2 Å². The number of esters is 2. The molecule has 10 heteroatoms. The summed E-state index contributed by atoms with van der Waals surface area (Å²) in [6, 6.07) is 18.2. The van der Waals surface area contributed by atoms with Crippen LogP contribution in [0.1, 0.15) is 74.1 Å². The van der Waals surface area contributed by atoms with Crippen LogP contribution < -0.4 is 10.5 Å². The van der Waals surface area contributed by atoms with Crippen LogP contribution in [0.25, 0.3) is 16.5 Å². The molecule has 0 radical (unpaired) electrons. The molecule has 1 aliphatic rings. The first kappa shape index (κ1) is 31.2. The molecule has 4 aromatic rings. The van der Waals surface area contributed by atoms with Crippen molar-refractivity contribution in [1.29, 1.82) is 0 Å². The Labute approximate surface area is 260 Å². The summed E-state index contributed by atoms with van der Waals surface area (Å²) in [5.41, 5.74) is 9.74. The molecule has 1 atom stereocenters. The van der Waals surface area contributed by atoms with Gasteiger partial charge in [0, 0.05) is 28.6 Å². The van der Waals surface area contributed by atoms with Gasteiger partial charge >= 0.3 is 17.9 Å². The molecule has 1 heterocycles. The molecule has 0 spiro atoms. The number of aromatic nitrogens is 1. The van der Waals surface area contributed by atoms with Gasteiger partial charge in [-0.05, 0) is 85.9 Å². The number of fused-ring (bicyclic) bond motifs is 1. The van der Waals surface area contributed by atoms with Crippen molar-refractivity contribution >= 4 is 40.2 Å². The number of carboxylic acid groups (broad SMARTS) is 1. The van der Waals surface area contributed by atoms with E-state index in [1.165, 1.54) is 27.4 Å². The highest BCUT2D eigenvalue weighted by Gasteiger charge is 2.40. The van der Waals surface area contributed by atoms with Gasteiger partial charge in [-0.25, -0.2) is 14.4 Å². The molecule has 5 rings (SSSR count). The topological polar surface area (TPSA) is 147 Å². The molecule has 3 aromatic carbocycles. The van der Waals surface area contributed by atoms with Crippen molar-refractivity contribution in [3.05, 3.63) is 106 Å². The summed E-state index contributed by atoms with van der Waals surface area (Å²) in [7, 11) is 4.16. The maximum atomic E-state index is 14.3. The van der Waals surface area contributed by atoms with Gasteiger partial charge in [0.15, 0.2) is 5.78 Å². The van der Waals surface area contributed by atoms with E-state index in [1.54, 1.807) is 67.6 Å². The van der Waals surface area contributed by atoms with Crippen LogP contribution in [0.3, 0.4) is 0 Å². The number of carbonyl (C=O) groups is 4. The highest BCUT2D eigenvalue weighted by atomic mass is 16.5. The van der Waals surface area contributed by atoms with Gasteiger partial charge in [0.25, 0.3) is 0 Å². The second kappa shape index (κ2) is 12.4. The zero-order chi connectivity index (χ0) is 32.5. The zero-order valence-corrected chi connectivity index (χ0v) is 25.5. The molecular weight excluding hydrogens is 576 g/mol. The van der Waals surface area contributed by atoms with Crippen LogP contribution in [0.5, 0.6) is 5.75 Å². The van der Waals surface area contributed by atoms with Crippen molar-refractivity contribution in [2.24, 2.45) is 5.73 Å². The highest BCUT2D eigenvalue weighted by molar-refractivity contribution is 6.09. The first-order valence-corrected chi connectivity index (χ1v) is 14.4. The number of nitrogens with two attached hydrogens (primary N) is 1. The molecule has 0 saturated heterocycles. The summed E-state index contributed by atoms with van der Waals surface area (Å²) in [6.07, 6.45) is 1.73. The van der Waals surface area contributed by atoms with Gasteiger partial charge in [0.1, 0.15) is 11.3 Å². The fourth-order valence-corrected chi connectivity index (χ4v) is 6.06. The van der Waals surface area contributed by atoms with Gasteiger partial charge in [-0.2, -0.15) is 0 Å². The molecule has 1 unspecified atom stereocenters. The Morgan fingerprint density at radius 3 is 2.07 bits per heavy atom. The fourth-order valence-electron chi connectivity index (χ4n) is 6.06. The second-order valence-electron chi connectivity index (χ2n) is 11.1. The molecule has 45 heavy (non-hydrogen) atoms. The maximum Gasteiger partial charge on any atom is 0.337 e. The largest absolute Gasteiger partial charge is 0.497 e. The van der Waals surface area contributed by atoms with E-state index in [9.17, 15) is 24.3 Å². The highest BCUT2D eigenvalue weighted by Crippen LogP contribution is 2.45. The van der Waals surface area contributed by atoms with Gasteiger partial charge in [-0.15, -0.1) is 0 Å². The predicted octanol–water partition coefficient (Wildman–Crippen LogP) is 5.35. The van der Waals surface area contributed by atoms with Crippen molar-refractivity contribution in [3.8, 4) is 5.75 Å². The van der Waals surface area contributed by atoms with Crippen molar-refractivity contribution in [1.82, 2.24) is 4.57 Å². The molecule has 3 N–H and O–H groups in total. The fraction of sp³-hybridized carbons (Fsp3) is 0.257. The normalized spacial score (nSPS) is 14.2. The number of carboxylic acids is 1. The predicted molar refractivity (Wildman–Crippen MR) is 167 cm³/mol. The summed E-state index contributed by atoms with van der Waals surface area (Å²) in [6.45, 7) is 1.81. The summed E-state index contributed by atoms with van der Waals surface area (Å²) in [5, 5.41) is 10.5. The van der Waals surface area contributed by atoms with E-state index >= 15 is 0 Å². The lowest BCUT2D eigenvalue weighted by Gasteiger charge is -2.28. The number of hydrogen-bond donors (Lipinski definition) is 2. The van der Waals surface area contributed by atoms with Crippen molar-refractivity contribution in [2.75, 3.05) is 21.3 Å². The van der Waals surface area contributed by atoms with Crippen LogP contribution in [-0.2, 0) is 26.4 Å². The lowest BCUT2D eigenvalue weighted by Crippen LogP contribution is -2.44. The van der Waals surface area contributed by atoms with Gasteiger partial charge < -0.3 is 29.6 Å². The Bertz CT molecular complexity index is 1850. The number of ketones is 1. The minimum atomic E-state index is -1.64. The zero-order valence-electron chi connectivity index (χ0n) is 25.5. The Hall–Kier alpha value is -5.22. The van der Waals surface area contributed by atoms with Crippen molar-refractivity contribution in [2.45, 2.75) is 38.3 Å². The van der Waals surface area contributed by atoms with E-state index in [0.29, 0.717) is 69.4 Å². The Kier molecular flexibility index (Phi) is 8.61. The van der Waals surface area contributed by atoms with Gasteiger partial charge in [-0.3, -0.25) is 4.79 Å². The summed E-state index contributed by atoms with van der Waals surface area (Å²) in [4.78, 5) is 51.4. The van der Waals surface area contributed by atoms with E-state index in [2.05, 4.69) is 0 Å². The second-order valence-corrected chi connectivity index (χ2v) is 11.1. The SMILES string of the molecule is COC(=O)C1=C(c2c(C(C)(N)C(=O)c3ccc(OC)cc3)n(Cc3ccc(C(=O)OC)cc3)c3cc(C(=O)O)ccc23)CCC1. The number of ether oxygens (including phenoxy) is 3. The lowest BCUT2D eigenvalue weighted by atomic mass is 9.83. The standard InChI is InChI=1S/C35H34N2O8/c1-35(36,31(38)21-12-15-24(43-2)16-13-21)30-29(25-6-5-7-26(25)34(42)45-4)27-17-14-23(32(39)40)18-28(27)37(30)19-20-8-10-22(11-9-20)33(41)44-3/h8-18H,5-7,19,36H2,1-4H3,(H,39,40). The quantitative estimate of drug-likeness (QED) is 0.179. The number of rotatable bonds is 10. The summed E-state index contributed by atoms with van der Waals surface area (Å²) >= 11 is 0. The van der Waals surface area contributed by atoms with Crippen LogP contribution in [0, 0.1) is 0 Å². The summed E-state index contributed by atoms with van der Waals surface area (Å²) in [5.74, 6) is -1.86. The molecule has 1 aliphatic carbocycles. The average Bonchev–Trinajstić information content (AvgIpc) is 3.66. The van der Waals surface area contributed by atoms with E-state index in [0.717, 1.165) is 5.56 Å². The Morgan fingerprint density at radius 2 is 1.47 bits per heavy atom. The third kappa shape index (κ3) is 5.72. The molecule has 0 fully saturated rings. The first-order chi connectivity index (χ1) is 21.5. The first-order valence-electron chi connectivity index (χ1n) is 14.4. The van der Waals surface area contributed by atoms with Gasteiger partial charge in [0.2, 0.25) is 0 Å². The van der Waals surface area contributed by atoms with Crippen LogP contribution >= 0.6 is 0 Å². The average molecular weight is 611 g/mol. The van der Waals surface area contributed by atoms with Crippen LogP contribution in [0.15, 0.2) is 72.3 Å². The van der Waals surface area contributed by atoms with Crippen molar-refractivity contribution in [3.63, 3.8) is 0 Å². The Morgan fingerprint density at radius 1 is 0.844 bits per heavy atom. The van der Waals surface area contributed by atoms with Crippen LogP contribution in [-0.4, -0.2) is 54.7 Å². The van der Waals surface area contributed by atoms with Crippen LogP contribution in [0.2, 0.25) is 0 Å². The number of methoxy groups -OCH3 is 3. The molecule has 0 saturated carbocycles. The molecule has 232 valence electrons. The Balaban J connectivity index is 1.82. The van der Waals surface area contributed by atoms with E-state index in [1.807, 2.05) is 4.57 Å². The van der Waals surface area contributed by atoms with E-state index in [4.69, 9.17) is 19.9 Å². The number of Topliss-reactive ketones (excluding diaryl/α,β-unsaturated/α-hetero) is 1. The van der Waals surface area contributed by atoms with Crippen LogP contribution in [0.4, 0.5) is 0 Å². The van der Waals surface area contributed by atoms with E-state index < -0.39 is 23.4 Å².